The van der Waals surface area contributed by atoms with E-state index in [1.807, 2.05) is 31.2 Å². The minimum Gasteiger partial charge on any atom is -0.317 e. The van der Waals surface area contributed by atoms with Gasteiger partial charge >= 0.3 is 0 Å². The molecule has 0 bridgehead atoms. The lowest BCUT2D eigenvalue weighted by atomic mass is 9.82. The largest absolute Gasteiger partial charge is 0.317 e. The molecule has 0 saturated heterocycles. The van der Waals surface area contributed by atoms with Crippen LogP contribution in [-0.4, -0.2) is 0 Å². The summed E-state index contributed by atoms with van der Waals surface area (Å²) in [5.74, 6) is 0. The Labute approximate surface area is 500 Å². The molecule has 0 fully saturated rings. The van der Waals surface area contributed by atoms with Gasteiger partial charge in [-0.3, -0.25) is 0 Å². The molecule has 0 aliphatic heterocycles. The number of allylic oxidation sites excluding steroid dienone is 8. The zero-order chi connectivity index (χ0) is 57.5. The van der Waals surface area contributed by atoms with E-state index >= 15 is 0 Å². The highest BCUT2D eigenvalue weighted by atomic mass is 15.1. The van der Waals surface area contributed by atoms with E-state index in [9.17, 15) is 0 Å². The second-order valence-electron chi connectivity index (χ2n) is 21.7. The third kappa shape index (κ3) is 10.7. The SMILES string of the molecule is C=Cc1c(C=C)c(-c2ccc(N(C3=CCCC=C3)c3ccc(-c4ccccc4)cc3)cc2)c2ccccc2c1-c1ccc(-c2c3c(c(-c4ccc(N(/C=C/C=C\C=C/C)c5ccc(-c6ccccc6)cc5)cc4)c4ccccc24)=CCCC=3)cc1. The Hall–Kier alpha value is -10.5. The number of hydrogen-bond acceptors (Lipinski definition) is 2. The van der Waals surface area contributed by atoms with Crippen LogP contribution in [0.15, 0.2) is 304 Å². The number of nitrogens with zero attached hydrogens (tertiary/aromatic N) is 2. The summed E-state index contributed by atoms with van der Waals surface area (Å²) in [5.41, 5.74) is 22.0. The van der Waals surface area contributed by atoms with E-state index in [4.69, 9.17) is 0 Å². The van der Waals surface area contributed by atoms with Crippen LogP contribution in [0, 0.1) is 0 Å². The lowest BCUT2D eigenvalue weighted by molar-refractivity contribution is 0.997. The van der Waals surface area contributed by atoms with Crippen LogP contribution in [0.25, 0.3) is 113 Å². The maximum Gasteiger partial charge on any atom is 0.0461 e. The summed E-state index contributed by atoms with van der Waals surface area (Å²) in [4.78, 5) is 4.64. The lowest BCUT2D eigenvalue weighted by Crippen LogP contribution is -2.31. The van der Waals surface area contributed by atoms with Crippen molar-refractivity contribution in [1.82, 2.24) is 0 Å². The number of hydrogen-bond donors (Lipinski definition) is 0. The van der Waals surface area contributed by atoms with Gasteiger partial charge in [-0.15, -0.1) is 0 Å². The van der Waals surface area contributed by atoms with Crippen molar-refractivity contribution >= 4 is 68.6 Å². The molecule has 2 nitrogen and oxygen atoms in total. The smallest absolute Gasteiger partial charge is 0.0461 e. The molecule has 0 spiro atoms. The molecule has 11 aromatic rings. The number of fused-ring (bicyclic) bond motifs is 3. The second-order valence-corrected chi connectivity index (χ2v) is 21.7. The van der Waals surface area contributed by atoms with Crippen molar-refractivity contribution in [2.24, 2.45) is 0 Å². The first-order valence-electron chi connectivity index (χ1n) is 29.7. The highest BCUT2D eigenvalue weighted by molar-refractivity contribution is 6.12. The number of anilines is 4. The predicted octanol–water partition coefficient (Wildman–Crippen LogP) is 21.8. The molecule has 11 aromatic carbocycles. The van der Waals surface area contributed by atoms with Gasteiger partial charge in [0.25, 0.3) is 0 Å². The quantitative estimate of drug-likeness (QED) is 0.0890. The van der Waals surface area contributed by atoms with Crippen molar-refractivity contribution in [3.8, 4) is 66.8 Å². The Balaban J connectivity index is 0.850. The molecule has 0 heterocycles. The van der Waals surface area contributed by atoms with Crippen LogP contribution in [0.1, 0.15) is 43.7 Å². The molecule has 85 heavy (non-hydrogen) atoms. The van der Waals surface area contributed by atoms with Gasteiger partial charge in [0, 0.05) is 34.6 Å². The molecule has 2 aliphatic carbocycles. The van der Waals surface area contributed by atoms with Crippen molar-refractivity contribution in [1.29, 1.82) is 0 Å². The summed E-state index contributed by atoms with van der Waals surface area (Å²) in [6, 6.07) is 84.2. The molecule has 0 atom stereocenters. The summed E-state index contributed by atoms with van der Waals surface area (Å²) in [7, 11) is 0. The summed E-state index contributed by atoms with van der Waals surface area (Å²) in [5, 5.41) is 7.43. The Morgan fingerprint density at radius 1 is 0.329 bits per heavy atom. The first-order valence-corrected chi connectivity index (χ1v) is 29.7. The van der Waals surface area contributed by atoms with E-state index in [1.54, 1.807) is 0 Å². The minimum atomic E-state index is 0.992. The van der Waals surface area contributed by atoms with E-state index in [2.05, 4.69) is 308 Å². The standard InChI is InChI=1S/C83H66N2/c1-4-7-8-9-25-58-84(67-50-42-61(43-51-67)59-26-13-10-14-27-59)68-52-46-66(47-53-68)83-78-36-23-21-34-76(78)82(77-35-22-24-37-79(77)83)64-40-38-63(39-41-64)80-72(5-2)73(6-3)81(75-33-20-19-32-74(75)80)65-48-56-71(57-49-65)85(69-30-17-12-18-31-69)70-54-44-62(45-55-70)60-28-15-11-16-29-60/h4-11,13-17,19-21,23,25-58H,2-3,12,18,22,24H2,1H3/b7-4-,9-8-,58-25+. The first kappa shape index (κ1) is 53.8. The maximum atomic E-state index is 4.47. The van der Waals surface area contributed by atoms with Gasteiger partial charge in [0.1, 0.15) is 0 Å². The monoisotopic (exact) mass is 1090 g/mol. The molecule has 2 heteroatoms. The van der Waals surface area contributed by atoms with Crippen molar-refractivity contribution in [3.05, 3.63) is 326 Å². The lowest BCUT2D eigenvalue weighted by Gasteiger charge is -2.28. The van der Waals surface area contributed by atoms with Crippen molar-refractivity contribution < 1.29 is 0 Å². The molecule has 2 aliphatic rings. The topological polar surface area (TPSA) is 6.48 Å². The summed E-state index contributed by atoms with van der Waals surface area (Å²) in [6.45, 7) is 11.0. The van der Waals surface area contributed by atoms with Gasteiger partial charge in [-0.05, 0) is 203 Å². The fourth-order valence-electron chi connectivity index (χ4n) is 12.7. The Bertz CT molecular complexity index is 4560. The average molecular weight is 1090 g/mol. The van der Waals surface area contributed by atoms with Gasteiger partial charge in [-0.1, -0.05) is 256 Å². The van der Waals surface area contributed by atoms with Gasteiger partial charge in [0.15, 0.2) is 0 Å². The average Bonchev–Trinajstić information content (AvgIpc) is 2.11. The first-order chi connectivity index (χ1) is 42.1. The third-order valence-corrected chi connectivity index (χ3v) is 16.7. The van der Waals surface area contributed by atoms with Crippen LogP contribution in [0.2, 0.25) is 0 Å². The van der Waals surface area contributed by atoms with E-state index < -0.39 is 0 Å². The maximum absolute atomic E-state index is 4.47. The predicted molar refractivity (Wildman–Crippen MR) is 368 cm³/mol. The molecular formula is C83H66N2. The van der Waals surface area contributed by atoms with Crippen LogP contribution in [0.3, 0.4) is 0 Å². The van der Waals surface area contributed by atoms with E-state index in [1.165, 1.54) is 82.2 Å². The Kier molecular flexibility index (Phi) is 15.5. The highest BCUT2D eigenvalue weighted by Gasteiger charge is 2.22. The van der Waals surface area contributed by atoms with E-state index in [0.29, 0.717) is 0 Å². The van der Waals surface area contributed by atoms with Crippen molar-refractivity contribution in [2.75, 3.05) is 9.80 Å². The Morgan fingerprint density at radius 2 is 0.682 bits per heavy atom. The normalized spacial score (nSPS) is 13.0. The molecule has 0 saturated carbocycles. The summed E-state index contributed by atoms with van der Waals surface area (Å²) >= 11 is 0. The van der Waals surface area contributed by atoms with Crippen LogP contribution in [0.4, 0.5) is 22.7 Å². The third-order valence-electron chi connectivity index (χ3n) is 16.7. The van der Waals surface area contributed by atoms with Crippen LogP contribution in [-0.2, 0) is 0 Å². The zero-order valence-corrected chi connectivity index (χ0v) is 48.1. The van der Waals surface area contributed by atoms with Gasteiger partial charge < -0.3 is 9.80 Å². The van der Waals surface area contributed by atoms with Crippen LogP contribution < -0.4 is 20.2 Å². The number of rotatable bonds is 16. The minimum absolute atomic E-state index is 0.992. The molecule has 0 radical (unpaired) electrons. The van der Waals surface area contributed by atoms with Gasteiger partial charge in [-0.2, -0.15) is 0 Å². The van der Waals surface area contributed by atoms with Crippen molar-refractivity contribution in [2.45, 2.75) is 32.6 Å². The summed E-state index contributed by atoms with van der Waals surface area (Å²) < 4.78 is 0. The molecule has 0 unspecified atom stereocenters. The molecule has 0 aromatic heterocycles. The van der Waals surface area contributed by atoms with Gasteiger partial charge in [0.05, 0.1) is 0 Å². The fraction of sp³-hybridized carbons (Fsp3) is 0.0602. The van der Waals surface area contributed by atoms with Crippen molar-refractivity contribution in [3.63, 3.8) is 0 Å². The van der Waals surface area contributed by atoms with E-state index in [0.717, 1.165) is 81.8 Å². The number of benzene rings is 11. The molecule has 0 N–H and O–H groups in total. The molecule has 408 valence electrons. The van der Waals surface area contributed by atoms with E-state index in [-0.39, 0.29) is 0 Å². The van der Waals surface area contributed by atoms with Crippen LogP contribution >= 0.6 is 0 Å². The summed E-state index contributed by atoms with van der Waals surface area (Å²) in [6.07, 6.45) is 32.4. The molecule has 13 rings (SSSR count). The zero-order valence-electron chi connectivity index (χ0n) is 48.1. The van der Waals surface area contributed by atoms with Crippen LogP contribution in [0.5, 0.6) is 0 Å². The fourth-order valence-corrected chi connectivity index (χ4v) is 12.7. The second kappa shape index (κ2) is 24.5. The van der Waals surface area contributed by atoms with Gasteiger partial charge in [0.2, 0.25) is 0 Å². The molecular weight excluding hydrogens is 1020 g/mol. The van der Waals surface area contributed by atoms with Gasteiger partial charge in [-0.25, -0.2) is 0 Å². The Morgan fingerprint density at radius 3 is 1.09 bits per heavy atom. The molecule has 0 amide bonds. The highest BCUT2D eigenvalue weighted by Crippen LogP contribution is 2.45.